The zero-order valence-corrected chi connectivity index (χ0v) is 13.0. The van der Waals surface area contributed by atoms with E-state index in [1.54, 1.807) is 6.92 Å². The number of hydrogen-bond acceptors (Lipinski definition) is 3. The topological polar surface area (TPSA) is 46.5 Å². The van der Waals surface area contributed by atoms with E-state index in [0.717, 1.165) is 17.5 Å². The Balaban J connectivity index is 3.15. The minimum absolute atomic E-state index is 0.306. The third-order valence-electron chi connectivity index (χ3n) is 3.82. The molecule has 2 atom stereocenters. The molecule has 0 aliphatic rings. The number of esters is 1. The Morgan fingerprint density at radius 1 is 1.25 bits per heavy atom. The summed E-state index contributed by atoms with van der Waals surface area (Å²) in [7, 11) is 0. The van der Waals surface area contributed by atoms with Crippen LogP contribution < -0.4 is 0 Å². The molecule has 1 aromatic carbocycles. The lowest BCUT2D eigenvalue weighted by Crippen LogP contribution is -2.40. The minimum atomic E-state index is -1.16. The molecule has 3 nitrogen and oxygen atoms in total. The molecule has 20 heavy (non-hydrogen) atoms. The Morgan fingerprint density at radius 3 is 2.30 bits per heavy atom. The van der Waals surface area contributed by atoms with Crippen LogP contribution in [0.5, 0.6) is 0 Å². The van der Waals surface area contributed by atoms with Crippen LogP contribution in [-0.2, 0) is 15.1 Å². The van der Waals surface area contributed by atoms with Crippen molar-refractivity contribution in [3.63, 3.8) is 0 Å². The first-order valence-electron chi connectivity index (χ1n) is 7.45. The molecule has 0 radical (unpaired) electrons. The van der Waals surface area contributed by atoms with Crippen LogP contribution in [0.15, 0.2) is 24.3 Å². The molecular formula is C17H26O3. The average Bonchev–Trinajstić information content (AvgIpc) is 2.45. The predicted molar refractivity (Wildman–Crippen MR) is 80.4 cm³/mol. The Bertz CT molecular complexity index is 424. The van der Waals surface area contributed by atoms with E-state index in [-0.39, 0.29) is 5.97 Å². The van der Waals surface area contributed by atoms with E-state index >= 15 is 0 Å². The Kier molecular flexibility index (Phi) is 6.21. The smallest absolute Gasteiger partial charge is 0.312 e. The van der Waals surface area contributed by atoms with Crippen molar-refractivity contribution in [2.45, 2.75) is 52.6 Å². The van der Waals surface area contributed by atoms with E-state index in [0.29, 0.717) is 19.4 Å². The van der Waals surface area contributed by atoms with E-state index in [1.807, 2.05) is 45.0 Å². The Labute approximate surface area is 122 Å². The summed E-state index contributed by atoms with van der Waals surface area (Å²) in [6.45, 7) is 8.05. The van der Waals surface area contributed by atoms with Crippen LogP contribution in [0, 0.1) is 12.8 Å². The van der Waals surface area contributed by atoms with E-state index < -0.39 is 11.5 Å². The third-order valence-corrected chi connectivity index (χ3v) is 3.82. The van der Waals surface area contributed by atoms with Crippen molar-refractivity contribution in [2.75, 3.05) is 6.61 Å². The summed E-state index contributed by atoms with van der Waals surface area (Å²) in [5, 5.41) is 11.1. The van der Waals surface area contributed by atoms with Crippen molar-refractivity contribution in [3.8, 4) is 0 Å². The molecule has 0 aromatic heterocycles. The van der Waals surface area contributed by atoms with Gasteiger partial charge in [0.15, 0.2) is 0 Å². The Hall–Kier alpha value is -1.35. The van der Waals surface area contributed by atoms with Gasteiger partial charge in [-0.25, -0.2) is 0 Å². The van der Waals surface area contributed by atoms with Gasteiger partial charge in [0.05, 0.1) is 12.5 Å². The van der Waals surface area contributed by atoms with Crippen LogP contribution in [0.1, 0.15) is 51.2 Å². The van der Waals surface area contributed by atoms with Gasteiger partial charge in [0.2, 0.25) is 0 Å². The highest BCUT2D eigenvalue weighted by Crippen LogP contribution is 2.36. The maximum atomic E-state index is 12.2. The molecule has 1 aromatic rings. The number of benzene rings is 1. The van der Waals surface area contributed by atoms with Crippen molar-refractivity contribution in [3.05, 3.63) is 35.4 Å². The molecule has 3 heteroatoms. The summed E-state index contributed by atoms with van der Waals surface area (Å²) in [4.78, 5) is 12.2. The molecule has 1 rings (SSSR count). The zero-order chi connectivity index (χ0) is 15.2. The predicted octanol–water partition coefficient (Wildman–Crippen LogP) is 3.57. The maximum absolute atomic E-state index is 12.2. The molecule has 0 saturated heterocycles. The monoisotopic (exact) mass is 278 g/mol. The van der Waals surface area contributed by atoms with Crippen LogP contribution in [0.25, 0.3) is 0 Å². The van der Waals surface area contributed by atoms with Crippen molar-refractivity contribution in [1.29, 1.82) is 0 Å². The van der Waals surface area contributed by atoms with Crippen molar-refractivity contribution < 1.29 is 14.6 Å². The Morgan fingerprint density at radius 2 is 1.85 bits per heavy atom. The first kappa shape index (κ1) is 16.7. The average molecular weight is 278 g/mol. The van der Waals surface area contributed by atoms with Crippen molar-refractivity contribution >= 4 is 5.97 Å². The number of carbonyl (C=O) groups excluding carboxylic acids is 1. The van der Waals surface area contributed by atoms with Crippen LogP contribution in [-0.4, -0.2) is 17.7 Å². The maximum Gasteiger partial charge on any atom is 0.312 e. The third kappa shape index (κ3) is 3.60. The van der Waals surface area contributed by atoms with Gasteiger partial charge in [-0.2, -0.15) is 0 Å². The number of carbonyl (C=O) groups is 1. The normalized spacial score (nSPS) is 15.4. The number of hydrogen-bond donors (Lipinski definition) is 1. The van der Waals surface area contributed by atoms with Crippen LogP contribution in [0.2, 0.25) is 0 Å². The molecule has 0 aliphatic carbocycles. The molecule has 0 amide bonds. The summed E-state index contributed by atoms with van der Waals surface area (Å²) >= 11 is 0. The van der Waals surface area contributed by atoms with Gasteiger partial charge in [0, 0.05) is 0 Å². The van der Waals surface area contributed by atoms with Gasteiger partial charge < -0.3 is 9.84 Å². The molecule has 112 valence electrons. The van der Waals surface area contributed by atoms with Crippen molar-refractivity contribution in [1.82, 2.24) is 0 Å². The number of ether oxygens (including phenoxy) is 1. The highest BCUT2D eigenvalue weighted by Gasteiger charge is 2.41. The molecule has 0 bridgehead atoms. The largest absolute Gasteiger partial charge is 0.466 e. The second kappa shape index (κ2) is 7.44. The van der Waals surface area contributed by atoms with E-state index in [2.05, 4.69) is 0 Å². The van der Waals surface area contributed by atoms with Gasteiger partial charge in [-0.05, 0) is 32.3 Å². The SMILES string of the molecule is CCCC(C(=O)OCC)C(O)(CC)c1ccc(C)cc1. The molecular weight excluding hydrogens is 252 g/mol. The number of rotatable bonds is 7. The van der Waals surface area contributed by atoms with E-state index in [1.165, 1.54) is 0 Å². The quantitative estimate of drug-likeness (QED) is 0.776. The van der Waals surface area contributed by atoms with E-state index in [9.17, 15) is 9.90 Å². The van der Waals surface area contributed by atoms with Crippen LogP contribution in [0.4, 0.5) is 0 Å². The molecule has 0 spiro atoms. The molecule has 0 fully saturated rings. The minimum Gasteiger partial charge on any atom is -0.466 e. The molecule has 0 heterocycles. The highest BCUT2D eigenvalue weighted by atomic mass is 16.5. The second-order valence-electron chi connectivity index (χ2n) is 5.24. The van der Waals surface area contributed by atoms with Gasteiger partial charge >= 0.3 is 5.97 Å². The van der Waals surface area contributed by atoms with Gasteiger partial charge in [-0.3, -0.25) is 4.79 Å². The lowest BCUT2D eigenvalue weighted by atomic mass is 9.77. The van der Waals surface area contributed by atoms with Gasteiger partial charge in [0.25, 0.3) is 0 Å². The summed E-state index contributed by atoms with van der Waals surface area (Å²) < 4.78 is 5.15. The first-order chi connectivity index (χ1) is 9.49. The molecule has 0 saturated carbocycles. The van der Waals surface area contributed by atoms with Crippen LogP contribution >= 0.6 is 0 Å². The fourth-order valence-corrected chi connectivity index (χ4v) is 2.58. The lowest BCUT2D eigenvalue weighted by Gasteiger charge is -2.34. The standard InChI is InChI=1S/C17H26O3/c1-5-8-15(16(18)20-7-3)17(19,6-2)14-11-9-13(4)10-12-14/h9-12,15,19H,5-8H2,1-4H3. The highest BCUT2D eigenvalue weighted by molar-refractivity contribution is 5.74. The van der Waals surface area contributed by atoms with Gasteiger partial charge in [-0.1, -0.05) is 50.1 Å². The summed E-state index contributed by atoms with van der Waals surface area (Å²) in [6, 6.07) is 7.73. The van der Waals surface area contributed by atoms with Gasteiger partial charge in [0.1, 0.15) is 5.60 Å². The summed E-state index contributed by atoms with van der Waals surface area (Å²) in [5.41, 5.74) is 0.767. The lowest BCUT2D eigenvalue weighted by molar-refractivity contribution is -0.160. The van der Waals surface area contributed by atoms with Gasteiger partial charge in [-0.15, -0.1) is 0 Å². The number of aryl methyl sites for hydroxylation is 1. The number of aliphatic hydroxyl groups is 1. The summed E-state index contributed by atoms with van der Waals surface area (Å²) in [5.74, 6) is -0.820. The first-order valence-corrected chi connectivity index (χ1v) is 7.45. The van der Waals surface area contributed by atoms with Crippen LogP contribution in [0.3, 0.4) is 0 Å². The molecule has 0 aliphatic heterocycles. The molecule has 1 N–H and O–H groups in total. The second-order valence-corrected chi connectivity index (χ2v) is 5.24. The summed E-state index contributed by atoms with van der Waals surface area (Å²) in [6.07, 6.45) is 1.94. The van der Waals surface area contributed by atoms with Crippen molar-refractivity contribution in [2.24, 2.45) is 5.92 Å². The van der Waals surface area contributed by atoms with E-state index in [4.69, 9.17) is 4.74 Å². The fourth-order valence-electron chi connectivity index (χ4n) is 2.58. The fraction of sp³-hybridized carbons (Fsp3) is 0.588. The zero-order valence-electron chi connectivity index (χ0n) is 13.0. The molecule has 2 unspecified atom stereocenters.